The zero-order chi connectivity index (χ0) is 25.0. The van der Waals surface area contributed by atoms with E-state index in [-0.39, 0.29) is 40.0 Å². The van der Waals surface area contributed by atoms with E-state index in [1.807, 2.05) is 0 Å². The van der Waals surface area contributed by atoms with Gasteiger partial charge in [-0.1, -0.05) is 19.9 Å². The number of hydrogen-bond donors (Lipinski definition) is 1. The van der Waals surface area contributed by atoms with Gasteiger partial charge in [0, 0.05) is 11.5 Å². The van der Waals surface area contributed by atoms with E-state index < -0.39 is 12.3 Å². The molecule has 1 N–H and O–H groups in total. The van der Waals surface area contributed by atoms with Crippen LogP contribution in [0, 0.1) is 34.5 Å². The van der Waals surface area contributed by atoms with Gasteiger partial charge in [-0.2, -0.15) is 0 Å². The molecule has 3 fully saturated rings. The van der Waals surface area contributed by atoms with Crippen LogP contribution in [0.25, 0.3) is 0 Å². The highest BCUT2D eigenvalue weighted by Gasteiger charge is 2.59. The largest absolute Gasteiger partial charge is 0.573 e. The number of ether oxygens (including phenoxy) is 2. The summed E-state index contributed by atoms with van der Waals surface area (Å²) in [5.41, 5.74) is 0.293. The van der Waals surface area contributed by atoms with Crippen LogP contribution in [-0.4, -0.2) is 30.9 Å². The zero-order valence-corrected chi connectivity index (χ0v) is 20.1. The molecule has 1 aliphatic heterocycles. The second-order valence-corrected chi connectivity index (χ2v) is 11.2. The lowest BCUT2D eigenvalue weighted by Gasteiger charge is -2.58. The third-order valence-corrected chi connectivity index (χ3v) is 9.62. The minimum Gasteiger partial charge on any atom is -0.462 e. The van der Waals surface area contributed by atoms with Crippen LogP contribution in [0.4, 0.5) is 13.2 Å². The van der Waals surface area contributed by atoms with Crippen LogP contribution in [0.1, 0.15) is 62.7 Å². The van der Waals surface area contributed by atoms with Gasteiger partial charge in [0.15, 0.2) is 0 Å². The van der Waals surface area contributed by atoms with Crippen molar-refractivity contribution < 1.29 is 32.2 Å². The third kappa shape index (κ3) is 4.33. The van der Waals surface area contributed by atoms with Crippen LogP contribution in [0.5, 0.6) is 5.75 Å². The fourth-order valence-electron chi connectivity index (χ4n) is 7.77. The van der Waals surface area contributed by atoms with Crippen molar-refractivity contribution in [2.24, 2.45) is 34.5 Å². The van der Waals surface area contributed by atoms with Gasteiger partial charge in [-0.25, -0.2) is 4.79 Å². The normalized spacial score (nSPS) is 38.1. The third-order valence-electron chi connectivity index (χ3n) is 9.62. The molecule has 1 heterocycles. The summed E-state index contributed by atoms with van der Waals surface area (Å²) in [4.78, 5) is 24.5. The standard InChI is InChI=1S/C27H32F3NO4/c1-25-13-11-21-19(8-10-22-26(21,2)14-12-23(32)31-22)20(25)9-5-17(25)15-34-24(33)16-3-6-18(7-4-16)35-27(28,29)30/h3-4,6-7,12,14,17,19-22H,5,8-11,13,15H2,1-2H3,(H,31,32)/t17-,19?,20?,21?,22?,25-,26-/m1/s1. The highest BCUT2D eigenvalue weighted by atomic mass is 19.4. The average molecular weight is 492 g/mol. The Kier molecular flexibility index (Phi) is 5.92. The monoisotopic (exact) mass is 491 g/mol. The summed E-state index contributed by atoms with van der Waals surface area (Å²) in [5.74, 6) is 1.07. The van der Waals surface area contributed by atoms with Gasteiger partial charge in [0.25, 0.3) is 0 Å². The number of alkyl halides is 3. The summed E-state index contributed by atoms with van der Waals surface area (Å²) in [7, 11) is 0. The minimum atomic E-state index is -4.77. The van der Waals surface area contributed by atoms with E-state index in [2.05, 4.69) is 30.0 Å². The van der Waals surface area contributed by atoms with Crippen molar-refractivity contribution in [3.63, 3.8) is 0 Å². The lowest BCUT2D eigenvalue weighted by molar-refractivity contribution is -0.274. The van der Waals surface area contributed by atoms with E-state index in [0.29, 0.717) is 24.4 Å². The molecule has 4 aliphatic rings. The maximum absolute atomic E-state index is 12.6. The second kappa shape index (κ2) is 8.56. The number of hydrogen-bond acceptors (Lipinski definition) is 4. The van der Waals surface area contributed by atoms with Crippen molar-refractivity contribution in [2.75, 3.05) is 6.61 Å². The molecule has 3 saturated carbocycles. The predicted molar refractivity (Wildman–Crippen MR) is 122 cm³/mol. The molecule has 1 aromatic carbocycles. The highest BCUT2D eigenvalue weighted by molar-refractivity contribution is 5.89. The molecule has 0 aromatic heterocycles. The summed E-state index contributed by atoms with van der Waals surface area (Å²) in [5, 5.41) is 3.19. The first-order valence-corrected chi connectivity index (χ1v) is 12.5. The van der Waals surface area contributed by atoms with Crippen LogP contribution in [0.15, 0.2) is 36.4 Å². The number of nitrogens with one attached hydrogen (secondary N) is 1. The van der Waals surface area contributed by atoms with Gasteiger partial charge in [0.2, 0.25) is 5.91 Å². The Balaban J connectivity index is 1.23. The fourth-order valence-corrected chi connectivity index (χ4v) is 7.77. The molecule has 7 atom stereocenters. The highest BCUT2D eigenvalue weighted by Crippen LogP contribution is 2.65. The molecular weight excluding hydrogens is 459 g/mol. The number of amides is 1. The van der Waals surface area contributed by atoms with Gasteiger partial charge < -0.3 is 14.8 Å². The average Bonchev–Trinajstić information content (AvgIpc) is 3.13. The minimum absolute atomic E-state index is 0.00923. The Hall–Kier alpha value is -2.51. The first-order valence-electron chi connectivity index (χ1n) is 12.5. The van der Waals surface area contributed by atoms with E-state index in [1.165, 1.54) is 12.1 Å². The first kappa shape index (κ1) is 24.2. The van der Waals surface area contributed by atoms with Gasteiger partial charge in [-0.3, -0.25) is 4.79 Å². The Morgan fingerprint density at radius 1 is 1.06 bits per heavy atom. The van der Waals surface area contributed by atoms with Crippen LogP contribution >= 0.6 is 0 Å². The van der Waals surface area contributed by atoms with Gasteiger partial charge >= 0.3 is 12.3 Å². The molecule has 5 nitrogen and oxygen atoms in total. The number of carbonyl (C=O) groups excluding carboxylic acids is 2. The lowest BCUT2D eigenvalue weighted by atomic mass is 9.48. The number of esters is 1. The second-order valence-electron chi connectivity index (χ2n) is 11.2. The van der Waals surface area contributed by atoms with E-state index in [1.54, 1.807) is 6.08 Å². The molecule has 0 radical (unpaired) electrons. The molecule has 1 aromatic rings. The van der Waals surface area contributed by atoms with Crippen LogP contribution in [0.2, 0.25) is 0 Å². The fraction of sp³-hybridized carbons (Fsp3) is 0.630. The number of carbonyl (C=O) groups is 2. The van der Waals surface area contributed by atoms with Crippen molar-refractivity contribution in [3.05, 3.63) is 42.0 Å². The zero-order valence-electron chi connectivity index (χ0n) is 20.1. The Morgan fingerprint density at radius 2 is 1.80 bits per heavy atom. The van der Waals surface area contributed by atoms with Crippen LogP contribution in [-0.2, 0) is 9.53 Å². The Bertz CT molecular complexity index is 1020. The van der Waals surface area contributed by atoms with E-state index in [4.69, 9.17) is 4.74 Å². The van der Waals surface area contributed by atoms with E-state index in [9.17, 15) is 22.8 Å². The number of rotatable bonds is 4. The van der Waals surface area contributed by atoms with Crippen molar-refractivity contribution in [1.29, 1.82) is 0 Å². The summed E-state index contributed by atoms with van der Waals surface area (Å²) in [6.45, 7) is 4.96. The Morgan fingerprint density at radius 3 is 2.51 bits per heavy atom. The number of benzene rings is 1. The Labute approximate surface area is 203 Å². The summed E-state index contributed by atoms with van der Waals surface area (Å²) >= 11 is 0. The van der Waals surface area contributed by atoms with Crippen LogP contribution in [0.3, 0.4) is 0 Å². The molecule has 35 heavy (non-hydrogen) atoms. The smallest absolute Gasteiger partial charge is 0.462 e. The molecule has 0 bridgehead atoms. The molecule has 190 valence electrons. The van der Waals surface area contributed by atoms with Crippen LogP contribution < -0.4 is 10.1 Å². The van der Waals surface area contributed by atoms with Crippen molar-refractivity contribution in [1.82, 2.24) is 5.32 Å². The van der Waals surface area contributed by atoms with Crippen molar-refractivity contribution in [2.45, 2.75) is 64.8 Å². The van der Waals surface area contributed by atoms with Crippen molar-refractivity contribution >= 4 is 11.9 Å². The summed E-state index contributed by atoms with van der Waals surface area (Å²) < 4.78 is 46.6. The lowest BCUT2D eigenvalue weighted by Crippen LogP contribution is -2.59. The molecule has 0 spiro atoms. The first-order chi connectivity index (χ1) is 16.5. The molecule has 5 rings (SSSR count). The van der Waals surface area contributed by atoms with Gasteiger partial charge in [-0.15, -0.1) is 13.2 Å². The molecule has 0 saturated heterocycles. The maximum atomic E-state index is 12.6. The number of fused-ring (bicyclic) bond motifs is 5. The SMILES string of the molecule is C[C@]12C=CC(=O)NC1CCC1C2CC[C@@]2(C)C1CC[C@@H]2COC(=O)c1ccc(OC(F)(F)F)cc1. The van der Waals surface area contributed by atoms with E-state index >= 15 is 0 Å². The predicted octanol–water partition coefficient (Wildman–Crippen LogP) is 5.66. The van der Waals surface area contributed by atoms with Gasteiger partial charge in [0.05, 0.1) is 12.2 Å². The summed E-state index contributed by atoms with van der Waals surface area (Å²) in [6, 6.07) is 5.04. The maximum Gasteiger partial charge on any atom is 0.573 e. The van der Waals surface area contributed by atoms with E-state index in [0.717, 1.165) is 50.7 Å². The number of halogens is 3. The topological polar surface area (TPSA) is 64.6 Å². The summed E-state index contributed by atoms with van der Waals surface area (Å²) in [6.07, 6.45) is 5.45. The molecule has 1 amide bonds. The van der Waals surface area contributed by atoms with Gasteiger partial charge in [-0.05, 0) is 98.0 Å². The molecule has 8 heteroatoms. The van der Waals surface area contributed by atoms with Crippen molar-refractivity contribution in [3.8, 4) is 5.75 Å². The molecular formula is C27H32F3NO4. The van der Waals surface area contributed by atoms with Gasteiger partial charge in [0.1, 0.15) is 5.75 Å². The molecule has 3 aliphatic carbocycles. The quantitative estimate of drug-likeness (QED) is 0.553. The molecule has 4 unspecified atom stereocenters.